The molecule has 0 radical (unpaired) electrons. The number of aliphatic hydroxyl groups is 13. The molecule has 20 heteroatoms. The molecule has 0 bridgehead atoms. The van der Waals surface area contributed by atoms with Crippen LogP contribution in [-0.2, 0) is 33.2 Å². The number of hydrogen-bond donors (Lipinski definition) is 13. The molecule has 5 aliphatic carbocycles. The van der Waals surface area contributed by atoms with Crippen molar-refractivity contribution in [2.24, 2.45) is 50.2 Å². The molecule has 68 heavy (non-hydrogen) atoms. The lowest BCUT2D eigenvalue weighted by Gasteiger charge is -2.72. The Hall–Kier alpha value is -1.51. The minimum Gasteiger partial charge on any atom is -0.432 e. The number of aliphatic hydroxyl groups excluding tert-OH is 13. The minimum atomic E-state index is -1.88. The van der Waals surface area contributed by atoms with Crippen LogP contribution in [0, 0.1) is 50.2 Å². The molecule has 7 fully saturated rings. The summed E-state index contributed by atoms with van der Waals surface area (Å²) >= 11 is 0. The lowest BCUT2D eigenvalue weighted by atomic mass is 9.33. The van der Waals surface area contributed by atoms with Gasteiger partial charge in [0, 0.05) is 5.41 Å². The lowest BCUT2D eigenvalue weighted by Crippen LogP contribution is -2.69. The lowest BCUT2D eigenvalue weighted by molar-refractivity contribution is -0.363. The Kier molecular flexibility index (Phi) is 14.6. The van der Waals surface area contributed by atoms with E-state index in [1.165, 1.54) is 0 Å². The van der Waals surface area contributed by atoms with E-state index in [9.17, 15) is 66.4 Å². The molecule has 20 nitrogen and oxygen atoms in total. The van der Waals surface area contributed by atoms with Crippen molar-refractivity contribution in [3.63, 3.8) is 0 Å². The van der Waals surface area contributed by atoms with E-state index in [1.807, 2.05) is 6.92 Å². The summed E-state index contributed by atoms with van der Waals surface area (Å²) < 4.78 is 35.7. The SMILES string of the molecule is CC1(C)CC[C@]2(C(=O)O[C@@H]3O[C@H](CO)[C@@H](O)[C@H](O)[C@H]3O[C@@H]3O[C@H](CO)[C@@H](O)[C@H](O)[C@H]3O)CC[C@]3(C)C(=CC[C@@H]4[C@@]5(C)C[C@H](O)[C@H](O[C@@H]6O[C@H](CO)[C@@H](O)[C@H](O)[C@H]6O)[C@@](C)(CO)[C@@H]5CC[C@]43C)[C@@H]2C1. The predicted molar refractivity (Wildman–Crippen MR) is 233 cm³/mol. The Balaban J connectivity index is 1.08. The van der Waals surface area contributed by atoms with Crippen molar-refractivity contribution in [3.05, 3.63) is 11.6 Å². The average Bonchev–Trinajstić information content (AvgIpc) is 3.29. The highest BCUT2D eigenvalue weighted by Gasteiger charge is 2.71. The fraction of sp³-hybridized carbons (Fsp3) is 0.938. The Labute approximate surface area is 396 Å². The Morgan fingerprint density at radius 1 is 0.618 bits per heavy atom. The van der Waals surface area contributed by atoms with Crippen LogP contribution < -0.4 is 0 Å². The third kappa shape index (κ3) is 8.07. The van der Waals surface area contributed by atoms with Gasteiger partial charge in [0.05, 0.1) is 44.1 Å². The molecule has 0 aromatic heterocycles. The van der Waals surface area contributed by atoms with Gasteiger partial charge in [-0.3, -0.25) is 4.79 Å². The van der Waals surface area contributed by atoms with Crippen molar-refractivity contribution in [2.45, 2.75) is 204 Å². The van der Waals surface area contributed by atoms with Crippen molar-refractivity contribution >= 4 is 5.97 Å². The normalized spacial score (nSPS) is 54.6. The smallest absolute Gasteiger partial charge is 0.315 e. The topological polar surface area (TPSA) is 335 Å². The van der Waals surface area contributed by atoms with Crippen LogP contribution >= 0.6 is 0 Å². The first-order valence-corrected chi connectivity index (χ1v) is 24.6. The van der Waals surface area contributed by atoms with Gasteiger partial charge < -0.3 is 94.8 Å². The van der Waals surface area contributed by atoms with Crippen LogP contribution in [0.15, 0.2) is 11.6 Å². The molecular weight excluding hydrogens is 897 g/mol. The molecule has 0 aromatic carbocycles. The molecule has 0 spiro atoms. The van der Waals surface area contributed by atoms with Gasteiger partial charge in [0.2, 0.25) is 6.29 Å². The standard InChI is InChI=1S/C48H78O20/c1-43(2)11-13-48(42(62)68-41-37(34(59)31(56)26(19-51)65-41)66-39-35(60)32(57)29(54)24(17-49)63-39)14-12-46(5)21(22(48)15-43)7-8-28-44(3)16-23(53)38(45(4,20-52)27(44)9-10-47(28,46)6)67-40-36(61)33(58)30(55)25(18-50)64-40/h7,22-41,49-61H,8-20H2,1-6H3/t22-,23-,24+,25+,26+,27+,28+,29+,30+,31+,32-,33-,34-,35+,36+,37+,38-,39-,40-,41-,44-,45-,46+,47+,48-/m0/s1. The molecule has 3 aliphatic heterocycles. The summed E-state index contributed by atoms with van der Waals surface area (Å²) in [4.78, 5) is 15.2. The van der Waals surface area contributed by atoms with E-state index >= 15 is 4.79 Å². The van der Waals surface area contributed by atoms with Gasteiger partial charge in [-0.25, -0.2) is 0 Å². The molecule has 13 N–H and O–H groups in total. The molecule has 390 valence electrons. The van der Waals surface area contributed by atoms with Crippen LogP contribution in [0.1, 0.15) is 99.3 Å². The van der Waals surface area contributed by atoms with Gasteiger partial charge in [-0.05, 0) is 97.2 Å². The second-order valence-corrected chi connectivity index (χ2v) is 23.5. The second-order valence-electron chi connectivity index (χ2n) is 23.5. The fourth-order valence-corrected chi connectivity index (χ4v) is 15.2. The number of fused-ring (bicyclic) bond motifs is 7. The first-order valence-electron chi connectivity index (χ1n) is 24.6. The van der Waals surface area contributed by atoms with Gasteiger partial charge in [-0.1, -0.05) is 53.2 Å². The Morgan fingerprint density at radius 3 is 1.71 bits per heavy atom. The third-order valence-electron chi connectivity index (χ3n) is 19.4. The monoisotopic (exact) mass is 975 g/mol. The van der Waals surface area contributed by atoms with Gasteiger partial charge in [0.1, 0.15) is 67.1 Å². The summed E-state index contributed by atoms with van der Waals surface area (Å²) in [5.41, 5.74) is -2.54. The summed E-state index contributed by atoms with van der Waals surface area (Å²) in [6.45, 7) is 10.4. The van der Waals surface area contributed by atoms with Crippen molar-refractivity contribution < 1.29 is 99.6 Å². The average molecular weight is 975 g/mol. The molecule has 3 saturated heterocycles. The molecule has 25 atom stereocenters. The van der Waals surface area contributed by atoms with Crippen LogP contribution in [0.4, 0.5) is 0 Å². The van der Waals surface area contributed by atoms with Gasteiger partial charge in [-0.2, -0.15) is 0 Å². The first kappa shape index (κ1) is 52.8. The second kappa shape index (κ2) is 18.8. The van der Waals surface area contributed by atoms with E-state index in [2.05, 4.69) is 40.7 Å². The number of esters is 1. The molecule has 8 aliphatic rings. The summed E-state index contributed by atoms with van der Waals surface area (Å²) in [7, 11) is 0. The fourth-order valence-electron chi connectivity index (χ4n) is 15.2. The Morgan fingerprint density at radius 2 is 1.15 bits per heavy atom. The largest absolute Gasteiger partial charge is 0.432 e. The van der Waals surface area contributed by atoms with Crippen LogP contribution in [-0.4, -0.2) is 203 Å². The molecule has 0 aromatic rings. The van der Waals surface area contributed by atoms with Gasteiger partial charge in [0.25, 0.3) is 0 Å². The molecule has 8 rings (SSSR count). The maximum atomic E-state index is 15.2. The number of hydrogen-bond acceptors (Lipinski definition) is 20. The summed E-state index contributed by atoms with van der Waals surface area (Å²) in [5, 5.41) is 139. The highest BCUT2D eigenvalue weighted by Crippen LogP contribution is 2.76. The van der Waals surface area contributed by atoms with E-state index in [4.69, 9.17) is 28.4 Å². The number of carbonyl (C=O) groups excluding carboxylic acids is 1. The highest BCUT2D eigenvalue weighted by atomic mass is 16.8. The van der Waals surface area contributed by atoms with Gasteiger partial charge in [0.15, 0.2) is 18.7 Å². The first-order chi connectivity index (χ1) is 31.8. The van der Waals surface area contributed by atoms with E-state index < -0.39 is 152 Å². The Bertz CT molecular complexity index is 1850. The molecule has 4 saturated carbocycles. The number of rotatable bonds is 10. The van der Waals surface area contributed by atoms with Crippen LogP contribution in [0.25, 0.3) is 0 Å². The van der Waals surface area contributed by atoms with Crippen LogP contribution in [0.5, 0.6) is 0 Å². The highest BCUT2D eigenvalue weighted by molar-refractivity contribution is 5.79. The molecule has 3 heterocycles. The van der Waals surface area contributed by atoms with Crippen LogP contribution in [0.2, 0.25) is 0 Å². The third-order valence-corrected chi connectivity index (χ3v) is 19.4. The minimum absolute atomic E-state index is 0.00779. The molecular formula is C48H78O20. The predicted octanol–water partition coefficient (Wildman–Crippen LogP) is -1.92. The quantitative estimate of drug-likeness (QED) is 0.0645. The number of allylic oxidation sites excluding steroid dienone is 2. The van der Waals surface area contributed by atoms with Crippen LogP contribution in [0.3, 0.4) is 0 Å². The number of carbonyl (C=O) groups is 1. The maximum Gasteiger partial charge on any atom is 0.315 e. The van der Waals surface area contributed by atoms with Crippen molar-refractivity contribution in [3.8, 4) is 0 Å². The molecule has 0 amide bonds. The molecule has 0 unspecified atom stereocenters. The summed E-state index contributed by atoms with van der Waals surface area (Å²) in [6, 6.07) is 0. The van der Waals surface area contributed by atoms with E-state index in [0.717, 1.165) is 12.0 Å². The maximum absolute atomic E-state index is 15.2. The zero-order valence-electron chi connectivity index (χ0n) is 40.0. The summed E-state index contributed by atoms with van der Waals surface area (Å²) in [5.74, 6) is -1.14. The van der Waals surface area contributed by atoms with E-state index in [0.29, 0.717) is 44.9 Å². The van der Waals surface area contributed by atoms with Crippen molar-refractivity contribution in [1.29, 1.82) is 0 Å². The zero-order valence-corrected chi connectivity index (χ0v) is 40.0. The zero-order chi connectivity index (χ0) is 49.8. The van der Waals surface area contributed by atoms with E-state index in [1.54, 1.807) is 0 Å². The van der Waals surface area contributed by atoms with Gasteiger partial charge >= 0.3 is 5.97 Å². The van der Waals surface area contributed by atoms with Crippen molar-refractivity contribution in [1.82, 2.24) is 0 Å². The number of ether oxygens (including phenoxy) is 6. The van der Waals surface area contributed by atoms with Gasteiger partial charge in [-0.15, -0.1) is 0 Å². The van der Waals surface area contributed by atoms with E-state index in [-0.39, 0.29) is 41.6 Å². The van der Waals surface area contributed by atoms with Crippen molar-refractivity contribution in [2.75, 3.05) is 26.4 Å². The summed E-state index contributed by atoms with van der Waals surface area (Å²) in [6.07, 6.45) is -19.6.